The normalized spacial score (nSPS) is 16.6. The van der Waals surface area contributed by atoms with Crippen molar-refractivity contribution in [2.45, 2.75) is 46.5 Å². The van der Waals surface area contributed by atoms with Gasteiger partial charge < -0.3 is 9.64 Å². The Morgan fingerprint density at radius 3 is 2.77 bits per heavy atom. The minimum Gasteiger partial charge on any atom is -0.493 e. The van der Waals surface area contributed by atoms with Gasteiger partial charge in [-0.25, -0.2) is 13.9 Å². The number of halogens is 1. The number of carbonyl (C=O) groups is 1. The lowest BCUT2D eigenvalue weighted by Gasteiger charge is -2.33. The number of nitrogens with zero attached hydrogens (tertiary/aromatic N) is 4. The van der Waals surface area contributed by atoms with Gasteiger partial charge in [-0.2, -0.15) is 5.10 Å². The van der Waals surface area contributed by atoms with Crippen LogP contribution in [0.3, 0.4) is 0 Å². The maximum Gasteiger partial charge on any atom is 0.222 e. The molecule has 0 radical (unpaired) electrons. The fraction of sp³-hybridized carbons (Fsp3) is 0.458. The minimum atomic E-state index is -0.274. The highest BCUT2D eigenvalue weighted by atomic mass is 19.1. The predicted molar refractivity (Wildman–Crippen MR) is 117 cm³/mol. The third-order valence-electron chi connectivity index (χ3n) is 6.05. The molecule has 0 saturated carbocycles. The summed E-state index contributed by atoms with van der Waals surface area (Å²) >= 11 is 0. The SMILES string of the molecule is Cc1cc2nc(C)c(CCC(=O)N3CCC[C@H](COc4ccc(F)cc4)C3)c(C)n2n1. The van der Waals surface area contributed by atoms with Crippen LogP contribution < -0.4 is 4.74 Å². The quantitative estimate of drug-likeness (QED) is 0.599. The molecule has 2 aromatic heterocycles. The number of amides is 1. The molecule has 3 heterocycles. The van der Waals surface area contributed by atoms with Crippen LogP contribution >= 0.6 is 0 Å². The number of carbonyl (C=O) groups excluding carboxylic acids is 1. The van der Waals surface area contributed by atoms with E-state index < -0.39 is 0 Å². The van der Waals surface area contributed by atoms with Crippen molar-refractivity contribution in [2.75, 3.05) is 19.7 Å². The Morgan fingerprint density at radius 1 is 1.23 bits per heavy atom. The number of ether oxygens (including phenoxy) is 1. The van der Waals surface area contributed by atoms with Crippen molar-refractivity contribution in [3.63, 3.8) is 0 Å². The summed E-state index contributed by atoms with van der Waals surface area (Å²) < 4.78 is 20.7. The van der Waals surface area contributed by atoms with Crippen LogP contribution in [-0.4, -0.2) is 45.1 Å². The third-order valence-corrected chi connectivity index (χ3v) is 6.05. The first-order valence-electron chi connectivity index (χ1n) is 10.9. The second-order valence-electron chi connectivity index (χ2n) is 8.43. The van der Waals surface area contributed by atoms with Crippen molar-refractivity contribution in [1.82, 2.24) is 19.5 Å². The van der Waals surface area contributed by atoms with Crippen LogP contribution in [0, 0.1) is 32.5 Å². The highest BCUT2D eigenvalue weighted by molar-refractivity contribution is 5.76. The number of benzene rings is 1. The standard InChI is InChI=1S/C24H29FN4O2/c1-16-13-23-26-17(2)22(18(3)29(23)27-16)10-11-24(30)28-12-4-5-19(14-28)15-31-21-8-6-20(25)7-9-21/h6-9,13,19H,4-5,10-12,14-15H2,1-3H3/t19-/m0/s1. The first-order valence-corrected chi connectivity index (χ1v) is 10.9. The Hall–Kier alpha value is -2.96. The lowest BCUT2D eigenvalue weighted by molar-refractivity contribution is -0.133. The summed E-state index contributed by atoms with van der Waals surface area (Å²) in [5.41, 5.74) is 4.89. The first-order chi connectivity index (χ1) is 14.9. The molecule has 6 nitrogen and oxygen atoms in total. The minimum absolute atomic E-state index is 0.169. The highest BCUT2D eigenvalue weighted by Crippen LogP contribution is 2.21. The van der Waals surface area contributed by atoms with Crippen LogP contribution in [0.15, 0.2) is 30.3 Å². The Bertz CT molecular complexity index is 1080. The monoisotopic (exact) mass is 424 g/mol. The molecule has 3 aromatic rings. The van der Waals surface area contributed by atoms with E-state index in [1.165, 1.54) is 12.1 Å². The highest BCUT2D eigenvalue weighted by Gasteiger charge is 2.24. The van der Waals surface area contributed by atoms with E-state index in [9.17, 15) is 9.18 Å². The van der Waals surface area contributed by atoms with E-state index in [1.807, 2.05) is 36.3 Å². The largest absolute Gasteiger partial charge is 0.493 e. The Balaban J connectivity index is 1.34. The van der Waals surface area contributed by atoms with Crippen LogP contribution in [0.4, 0.5) is 4.39 Å². The smallest absolute Gasteiger partial charge is 0.222 e. The summed E-state index contributed by atoms with van der Waals surface area (Å²) in [5.74, 6) is 0.843. The van der Waals surface area contributed by atoms with Gasteiger partial charge in [0.05, 0.1) is 12.3 Å². The average molecular weight is 425 g/mol. The first kappa shape index (κ1) is 21.3. The third kappa shape index (κ3) is 4.86. The molecule has 1 aromatic carbocycles. The molecular weight excluding hydrogens is 395 g/mol. The topological polar surface area (TPSA) is 59.7 Å². The van der Waals surface area contributed by atoms with Crippen molar-refractivity contribution >= 4 is 11.6 Å². The van der Waals surface area contributed by atoms with Crippen molar-refractivity contribution in [1.29, 1.82) is 0 Å². The van der Waals surface area contributed by atoms with Gasteiger partial charge in [0.1, 0.15) is 11.6 Å². The lowest BCUT2D eigenvalue weighted by Crippen LogP contribution is -2.41. The van der Waals surface area contributed by atoms with Gasteiger partial charge in [0, 0.05) is 42.9 Å². The summed E-state index contributed by atoms with van der Waals surface area (Å²) in [5, 5.41) is 4.52. The van der Waals surface area contributed by atoms with Crippen molar-refractivity contribution < 1.29 is 13.9 Å². The zero-order valence-corrected chi connectivity index (χ0v) is 18.4. The van der Waals surface area contributed by atoms with Crippen LogP contribution in [0.5, 0.6) is 5.75 Å². The van der Waals surface area contributed by atoms with E-state index >= 15 is 0 Å². The average Bonchev–Trinajstić information content (AvgIpc) is 3.13. The van der Waals surface area contributed by atoms with E-state index in [0.29, 0.717) is 31.7 Å². The number of aryl methyl sites for hydroxylation is 3. The van der Waals surface area contributed by atoms with Crippen LogP contribution in [0.25, 0.3) is 5.65 Å². The molecule has 0 N–H and O–H groups in total. The van der Waals surface area contributed by atoms with Gasteiger partial charge in [-0.05, 0) is 69.9 Å². The maximum atomic E-state index is 13.0. The fourth-order valence-electron chi connectivity index (χ4n) is 4.37. The molecule has 1 saturated heterocycles. The van der Waals surface area contributed by atoms with Crippen molar-refractivity contribution in [3.8, 4) is 5.75 Å². The number of hydrogen-bond acceptors (Lipinski definition) is 4. The molecule has 1 aliphatic heterocycles. The molecule has 31 heavy (non-hydrogen) atoms. The van der Waals surface area contributed by atoms with E-state index in [2.05, 4.69) is 10.1 Å². The molecular formula is C24H29FN4O2. The van der Waals surface area contributed by atoms with Gasteiger partial charge in [-0.1, -0.05) is 0 Å². The van der Waals surface area contributed by atoms with Gasteiger partial charge in [0.15, 0.2) is 5.65 Å². The Kier molecular flexibility index (Phi) is 6.20. The van der Waals surface area contributed by atoms with E-state index in [1.54, 1.807) is 12.1 Å². The Morgan fingerprint density at radius 2 is 2.00 bits per heavy atom. The Labute approximate surface area is 182 Å². The zero-order valence-electron chi connectivity index (χ0n) is 18.4. The van der Waals surface area contributed by atoms with Gasteiger partial charge >= 0.3 is 0 Å². The van der Waals surface area contributed by atoms with E-state index in [4.69, 9.17) is 4.74 Å². The molecule has 1 aliphatic rings. The maximum absolute atomic E-state index is 13.0. The number of hydrogen-bond donors (Lipinski definition) is 0. The summed E-state index contributed by atoms with van der Waals surface area (Å²) in [4.78, 5) is 19.5. The molecule has 4 rings (SSSR count). The summed E-state index contributed by atoms with van der Waals surface area (Å²) in [6.45, 7) is 8.02. The number of rotatable bonds is 6. The summed E-state index contributed by atoms with van der Waals surface area (Å²) in [7, 11) is 0. The van der Waals surface area contributed by atoms with Gasteiger partial charge in [-0.3, -0.25) is 4.79 Å². The van der Waals surface area contributed by atoms with Gasteiger partial charge in [0.2, 0.25) is 5.91 Å². The number of likely N-dealkylation sites (tertiary alicyclic amines) is 1. The molecule has 0 bridgehead atoms. The van der Waals surface area contributed by atoms with Crippen molar-refractivity contribution in [2.24, 2.45) is 5.92 Å². The number of aromatic nitrogens is 3. The molecule has 0 spiro atoms. The number of piperidine rings is 1. The lowest BCUT2D eigenvalue weighted by atomic mass is 9.98. The molecule has 0 unspecified atom stereocenters. The predicted octanol–water partition coefficient (Wildman–Crippen LogP) is 4.04. The number of fused-ring (bicyclic) bond motifs is 1. The molecule has 7 heteroatoms. The van der Waals surface area contributed by atoms with Crippen LogP contribution in [-0.2, 0) is 11.2 Å². The van der Waals surface area contributed by atoms with Gasteiger partial charge in [-0.15, -0.1) is 0 Å². The molecule has 1 fully saturated rings. The van der Waals surface area contributed by atoms with Crippen LogP contribution in [0.2, 0.25) is 0 Å². The molecule has 164 valence electrons. The van der Waals surface area contributed by atoms with Gasteiger partial charge in [0.25, 0.3) is 0 Å². The van der Waals surface area contributed by atoms with E-state index in [0.717, 1.165) is 47.7 Å². The summed E-state index contributed by atoms with van der Waals surface area (Å²) in [6.07, 6.45) is 3.12. The van der Waals surface area contributed by atoms with E-state index in [-0.39, 0.29) is 17.6 Å². The van der Waals surface area contributed by atoms with Crippen molar-refractivity contribution in [3.05, 3.63) is 58.8 Å². The fourth-order valence-corrected chi connectivity index (χ4v) is 4.37. The zero-order chi connectivity index (χ0) is 22.0. The second kappa shape index (κ2) is 9.04. The molecule has 1 atom stereocenters. The summed E-state index contributed by atoms with van der Waals surface area (Å²) in [6, 6.07) is 8.03. The second-order valence-corrected chi connectivity index (χ2v) is 8.43. The van der Waals surface area contributed by atoms with Crippen LogP contribution in [0.1, 0.15) is 41.9 Å². The molecule has 1 amide bonds. The molecule has 0 aliphatic carbocycles.